The maximum atomic E-state index is 8.97. The second kappa shape index (κ2) is 5.47. The molecule has 1 aromatic heterocycles. The van der Waals surface area contributed by atoms with Crippen LogP contribution in [-0.4, -0.2) is 29.1 Å². The van der Waals surface area contributed by atoms with Gasteiger partial charge in [-0.3, -0.25) is 0 Å². The fourth-order valence-corrected chi connectivity index (χ4v) is 2.90. The van der Waals surface area contributed by atoms with E-state index < -0.39 is 0 Å². The number of nitrogens with two attached hydrogens (primary N) is 1. The maximum Gasteiger partial charge on any atom is 0.174 e. The molecule has 3 N–H and O–H groups in total. The molecule has 5 nitrogen and oxygen atoms in total. The average Bonchev–Trinajstić information content (AvgIpc) is 2.90. The van der Waals surface area contributed by atoms with Crippen LogP contribution >= 0.6 is 0 Å². The molecule has 0 unspecified atom stereocenters. The van der Waals surface area contributed by atoms with Gasteiger partial charge in [0.1, 0.15) is 5.82 Å². The van der Waals surface area contributed by atoms with E-state index in [0.717, 1.165) is 22.6 Å². The number of anilines is 1. The van der Waals surface area contributed by atoms with Gasteiger partial charge in [0.25, 0.3) is 0 Å². The Kier molecular flexibility index (Phi) is 3.93. The van der Waals surface area contributed by atoms with E-state index in [2.05, 4.69) is 15.0 Å². The Balaban J connectivity index is 2.47. The molecule has 0 atom stereocenters. The Bertz CT molecular complexity index is 492. The molecule has 1 aliphatic carbocycles. The van der Waals surface area contributed by atoms with Crippen molar-refractivity contribution in [1.29, 1.82) is 0 Å². The lowest BCUT2D eigenvalue weighted by atomic mass is 10.1. The van der Waals surface area contributed by atoms with Crippen molar-refractivity contribution in [3.05, 3.63) is 22.9 Å². The number of pyridine rings is 1. The van der Waals surface area contributed by atoms with E-state index in [1.165, 1.54) is 25.7 Å². The summed E-state index contributed by atoms with van der Waals surface area (Å²) in [5.41, 5.74) is 8.49. The summed E-state index contributed by atoms with van der Waals surface area (Å²) in [4.78, 5) is 6.78. The molecule has 0 saturated heterocycles. The van der Waals surface area contributed by atoms with Gasteiger partial charge in [0.05, 0.1) is 5.56 Å². The topological polar surface area (TPSA) is 74.7 Å². The second-order valence-electron chi connectivity index (χ2n) is 5.31. The second-order valence-corrected chi connectivity index (χ2v) is 5.31. The third-order valence-corrected chi connectivity index (χ3v) is 3.90. The van der Waals surface area contributed by atoms with Crippen molar-refractivity contribution < 1.29 is 5.21 Å². The van der Waals surface area contributed by atoms with Crippen LogP contribution in [0, 0.1) is 13.8 Å². The lowest BCUT2D eigenvalue weighted by molar-refractivity contribution is 0.318. The molecular weight excluding hydrogens is 240 g/mol. The van der Waals surface area contributed by atoms with Gasteiger partial charge in [-0.1, -0.05) is 18.0 Å². The van der Waals surface area contributed by atoms with Crippen LogP contribution in [0.4, 0.5) is 5.82 Å². The van der Waals surface area contributed by atoms with Gasteiger partial charge < -0.3 is 15.8 Å². The minimum atomic E-state index is 0.129. The molecule has 5 heteroatoms. The zero-order valence-electron chi connectivity index (χ0n) is 11.8. The molecule has 0 aliphatic heterocycles. The number of amidine groups is 1. The normalized spacial score (nSPS) is 16.9. The van der Waals surface area contributed by atoms with E-state index in [9.17, 15) is 0 Å². The van der Waals surface area contributed by atoms with Crippen LogP contribution in [0.1, 0.15) is 42.5 Å². The summed E-state index contributed by atoms with van der Waals surface area (Å²) >= 11 is 0. The minimum Gasteiger partial charge on any atom is -0.409 e. The van der Waals surface area contributed by atoms with Crippen molar-refractivity contribution in [3.63, 3.8) is 0 Å². The largest absolute Gasteiger partial charge is 0.409 e. The van der Waals surface area contributed by atoms with Crippen molar-refractivity contribution in [1.82, 2.24) is 4.98 Å². The average molecular weight is 262 g/mol. The summed E-state index contributed by atoms with van der Waals surface area (Å²) < 4.78 is 0. The monoisotopic (exact) mass is 262 g/mol. The van der Waals surface area contributed by atoms with Crippen molar-refractivity contribution in [2.24, 2.45) is 10.9 Å². The number of aryl methyl sites for hydroxylation is 2. The van der Waals surface area contributed by atoms with Crippen LogP contribution in [-0.2, 0) is 0 Å². The lowest BCUT2D eigenvalue weighted by Crippen LogP contribution is -2.32. The Labute approximate surface area is 114 Å². The number of oxime groups is 1. The number of rotatable bonds is 3. The predicted octanol–water partition coefficient (Wildman–Crippen LogP) is 2.17. The van der Waals surface area contributed by atoms with E-state index in [-0.39, 0.29) is 5.84 Å². The highest BCUT2D eigenvalue weighted by atomic mass is 16.4. The smallest absolute Gasteiger partial charge is 0.174 e. The quantitative estimate of drug-likeness (QED) is 0.379. The van der Waals surface area contributed by atoms with Gasteiger partial charge in [-0.25, -0.2) is 4.98 Å². The summed E-state index contributed by atoms with van der Waals surface area (Å²) in [5.74, 6) is 0.949. The molecule has 1 aromatic rings. The van der Waals surface area contributed by atoms with Gasteiger partial charge in [-0.2, -0.15) is 0 Å². The summed E-state index contributed by atoms with van der Waals surface area (Å²) in [7, 11) is 2.05. The molecule has 2 rings (SSSR count). The van der Waals surface area contributed by atoms with Crippen molar-refractivity contribution >= 4 is 11.7 Å². The van der Waals surface area contributed by atoms with Crippen LogP contribution < -0.4 is 10.6 Å². The predicted molar refractivity (Wildman–Crippen MR) is 76.9 cm³/mol. The van der Waals surface area contributed by atoms with E-state index in [4.69, 9.17) is 10.9 Å². The molecule has 1 heterocycles. The maximum absolute atomic E-state index is 8.97. The first kappa shape index (κ1) is 13.6. The SMILES string of the molecule is Cc1cc(C)c(C(N)=NO)c(N(C)C2CCCC2)n1. The van der Waals surface area contributed by atoms with E-state index in [1.807, 2.05) is 27.0 Å². The molecule has 1 saturated carbocycles. The fraction of sp³-hybridized carbons (Fsp3) is 0.571. The van der Waals surface area contributed by atoms with E-state index >= 15 is 0 Å². The van der Waals surface area contributed by atoms with Gasteiger partial charge in [-0.15, -0.1) is 0 Å². The number of hydrogen-bond donors (Lipinski definition) is 2. The summed E-state index contributed by atoms with van der Waals surface area (Å²) in [6.45, 7) is 3.93. The van der Waals surface area contributed by atoms with Crippen molar-refractivity contribution in [2.45, 2.75) is 45.6 Å². The molecule has 0 aromatic carbocycles. The highest BCUT2D eigenvalue weighted by molar-refractivity contribution is 6.02. The highest BCUT2D eigenvalue weighted by Gasteiger charge is 2.24. The number of hydrogen-bond acceptors (Lipinski definition) is 4. The first-order valence-corrected chi connectivity index (χ1v) is 6.73. The molecule has 1 aliphatic rings. The van der Waals surface area contributed by atoms with E-state index in [1.54, 1.807) is 0 Å². The summed E-state index contributed by atoms with van der Waals surface area (Å²) in [6.07, 6.45) is 4.89. The lowest BCUT2D eigenvalue weighted by Gasteiger charge is -2.28. The van der Waals surface area contributed by atoms with Gasteiger partial charge in [0.2, 0.25) is 0 Å². The molecule has 1 fully saturated rings. The van der Waals surface area contributed by atoms with Gasteiger partial charge >= 0.3 is 0 Å². The third-order valence-electron chi connectivity index (χ3n) is 3.90. The van der Waals surface area contributed by atoms with Gasteiger partial charge in [-0.05, 0) is 38.3 Å². The van der Waals surface area contributed by atoms with Gasteiger partial charge in [0.15, 0.2) is 5.84 Å². The first-order chi connectivity index (χ1) is 9.04. The third kappa shape index (κ3) is 2.64. The van der Waals surface area contributed by atoms with Gasteiger partial charge in [0, 0.05) is 18.8 Å². The zero-order valence-corrected chi connectivity index (χ0v) is 11.8. The van der Waals surface area contributed by atoms with Crippen LogP contribution in [0.15, 0.2) is 11.2 Å². The van der Waals surface area contributed by atoms with Crippen molar-refractivity contribution in [3.8, 4) is 0 Å². The van der Waals surface area contributed by atoms with Crippen LogP contribution in [0.2, 0.25) is 0 Å². The zero-order chi connectivity index (χ0) is 14.0. The van der Waals surface area contributed by atoms with Crippen molar-refractivity contribution in [2.75, 3.05) is 11.9 Å². The molecule has 104 valence electrons. The summed E-state index contributed by atoms with van der Waals surface area (Å²) in [6, 6.07) is 2.46. The molecule has 0 radical (unpaired) electrons. The number of nitrogens with zero attached hydrogens (tertiary/aromatic N) is 3. The molecule has 0 spiro atoms. The van der Waals surface area contributed by atoms with Crippen LogP contribution in [0.3, 0.4) is 0 Å². The Morgan fingerprint density at radius 3 is 2.63 bits per heavy atom. The Morgan fingerprint density at radius 2 is 2.05 bits per heavy atom. The first-order valence-electron chi connectivity index (χ1n) is 6.73. The van der Waals surface area contributed by atoms with Crippen LogP contribution in [0.25, 0.3) is 0 Å². The minimum absolute atomic E-state index is 0.129. The summed E-state index contributed by atoms with van der Waals surface area (Å²) in [5, 5.41) is 12.1. The Hall–Kier alpha value is -1.78. The highest BCUT2D eigenvalue weighted by Crippen LogP contribution is 2.29. The Morgan fingerprint density at radius 1 is 1.42 bits per heavy atom. The van der Waals surface area contributed by atoms with E-state index in [0.29, 0.717) is 6.04 Å². The molecule has 0 bridgehead atoms. The fourth-order valence-electron chi connectivity index (χ4n) is 2.90. The standard InChI is InChI=1S/C14H22N4O/c1-9-8-10(2)16-14(12(9)13(15)17-19)18(3)11-6-4-5-7-11/h8,11,19H,4-7H2,1-3H3,(H2,15,17). The van der Waals surface area contributed by atoms with Crippen LogP contribution in [0.5, 0.6) is 0 Å². The molecule has 19 heavy (non-hydrogen) atoms. The molecule has 0 amide bonds. The molecular formula is C14H22N4O. The number of aromatic nitrogens is 1.